The van der Waals surface area contributed by atoms with Gasteiger partial charge < -0.3 is 19.1 Å². The minimum atomic E-state index is 0.201. The number of methoxy groups -OCH3 is 1. The smallest absolute Gasteiger partial charge is 0.224 e. The number of benzene rings is 2. The average molecular weight is 364 g/mol. The van der Waals surface area contributed by atoms with E-state index in [-0.39, 0.29) is 5.91 Å². The van der Waals surface area contributed by atoms with Crippen LogP contribution in [0.3, 0.4) is 0 Å². The third kappa shape index (κ3) is 3.60. The fraction of sp³-hybridized carbons (Fsp3) is 0.333. The topological polar surface area (TPSA) is 50.6 Å². The zero-order valence-electron chi connectivity index (χ0n) is 15.5. The van der Waals surface area contributed by atoms with Crippen LogP contribution in [0.5, 0.6) is 5.75 Å². The van der Waals surface area contributed by atoms with Crippen molar-refractivity contribution in [3.63, 3.8) is 0 Å². The lowest BCUT2D eigenvalue weighted by atomic mass is 10.2. The molecule has 0 unspecified atom stereocenters. The molecule has 1 aliphatic heterocycles. The molecule has 140 valence electrons. The minimum Gasteiger partial charge on any atom is -0.495 e. The summed E-state index contributed by atoms with van der Waals surface area (Å²) < 4.78 is 7.51. The second kappa shape index (κ2) is 7.70. The van der Waals surface area contributed by atoms with Crippen molar-refractivity contribution in [3.8, 4) is 5.75 Å². The molecule has 0 radical (unpaired) electrons. The first-order chi connectivity index (χ1) is 13.3. The molecule has 1 fully saturated rings. The van der Waals surface area contributed by atoms with E-state index in [9.17, 15) is 4.79 Å². The Hall–Kier alpha value is -3.02. The second-order valence-electron chi connectivity index (χ2n) is 6.72. The van der Waals surface area contributed by atoms with Gasteiger partial charge >= 0.3 is 0 Å². The van der Waals surface area contributed by atoms with Gasteiger partial charge in [-0.05, 0) is 24.3 Å². The van der Waals surface area contributed by atoms with Crippen molar-refractivity contribution >= 4 is 22.6 Å². The van der Waals surface area contributed by atoms with Crippen LogP contribution in [0.2, 0.25) is 0 Å². The zero-order valence-corrected chi connectivity index (χ0v) is 15.5. The Morgan fingerprint density at radius 3 is 2.59 bits per heavy atom. The van der Waals surface area contributed by atoms with Crippen LogP contribution in [-0.2, 0) is 11.3 Å². The fourth-order valence-corrected chi connectivity index (χ4v) is 3.65. The number of nitrogens with zero attached hydrogens (tertiary/aromatic N) is 4. The number of fused-ring (bicyclic) bond motifs is 1. The summed E-state index contributed by atoms with van der Waals surface area (Å²) >= 11 is 0. The monoisotopic (exact) mass is 364 g/mol. The number of anilines is 1. The predicted octanol–water partition coefficient (Wildman–Crippen LogP) is 2.78. The molecule has 6 heteroatoms. The van der Waals surface area contributed by atoms with E-state index in [1.54, 1.807) is 7.11 Å². The van der Waals surface area contributed by atoms with Gasteiger partial charge in [-0.3, -0.25) is 4.79 Å². The molecule has 1 aliphatic rings. The Bertz CT molecular complexity index is 929. The Balaban J connectivity index is 1.33. The zero-order chi connectivity index (χ0) is 18.6. The number of para-hydroxylation sites is 4. The molecule has 0 bridgehead atoms. The maximum absolute atomic E-state index is 12.6. The molecule has 2 aromatic carbocycles. The quantitative estimate of drug-likeness (QED) is 0.699. The largest absolute Gasteiger partial charge is 0.495 e. The van der Waals surface area contributed by atoms with Crippen molar-refractivity contribution in [2.24, 2.45) is 0 Å². The van der Waals surface area contributed by atoms with Crippen LogP contribution in [0.25, 0.3) is 11.0 Å². The van der Waals surface area contributed by atoms with Gasteiger partial charge in [-0.1, -0.05) is 24.3 Å². The minimum absolute atomic E-state index is 0.201. The molecule has 1 aromatic heterocycles. The number of piperazine rings is 1. The maximum atomic E-state index is 12.6. The number of amides is 1. The maximum Gasteiger partial charge on any atom is 0.224 e. The van der Waals surface area contributed by atoms with E-state index in [0.717, 1.165) is 48.6 Å². The van der Waals surface area contributed by atoms with Crippen molar-refractivity contribution in [2.75, 3.05) is 38.2 Å². The van der Waals surface area contributed by atoms with Crippen LogP contribution in [0, 0.1) is 0 Å². The number of imidazole rings is 1. The van der Waals surface area contributed by atoms with E-state index < -0.39 is 0 Å². The number of hydrogen-bond donors (Lipinski definition) is 0. The number of aryl methyl sites for hydroxylation is 1. The number of rotatable bonds is 5. The lowest BCUT2D eigenvalue weighted by molar-refractivity contribution is -0.131. The number of hydrogen-bond acceptors (Lipinski definition) is 4. The molecule has 0 spiro atoms. The van der Waals surface area contributed by atoms with Crippen LogP contribution >= 0.6 is 0 Å². The van der Waals surface area contributed by atoms with Crippen molar-refractivity contribution in [3.05, 3.63) is 54.9 Å². The lowest BCUT2D eigenvalue weighted by Gasteiger charge is -2.36. The number of aromatic nitrogens is 2. The molecular formula is C21H24N4O2. The summed E-state index contributed by atoms with van der Waals surface area (Å²) in [4.78, 5) is 21.3. The summed E-state index contributed by atoms with van der Waals surface area (Å²) in [5.41, 5.74) is 3.14. The highest BCUT2D eigenvalue weighted by Crippen LogP contribution is 2.28. The van der Waals surface area contributed by atoms with E-state index in [4.69, 9.17) is 4.74 Å². The second-order valence-corrected chi connectivity index (χ2v) is 6.72. The number of ether oxygens (including phenoxy) is 1. The Labute approximate surface area is 159 Å². The lowest BCUT2D eigenvalue weighted by Crippen LogP contribution is -2.49. The molecule has 2 heterocycles. The number of carbonyl (C=O) groups excluding carboxylic acids is 1. The molecule has 1 saturated heterocycles. The van der Waals surface area contributed by atoms with Crippen molar-refractivity contribution in [1.82, 2.24) is 14.5 Å². The van der Waals surface area contributed by atoms with E-state index in [1.807, 2.05) is 53.7 Å². The molecule has 4 rings (SSSR count). The van der Waals surface area contributed by atoms with Crippen LogP contribution < -0.4 is 9.64 Å². The summed E-state index contributed by atoms with van der Waals surface area (Å²) in [6, 6.07) is 16.0. The standard InChI is InChI=1S/C21H24N4O2/c1-27-20-9-5-4-8-19(20)23-12-14-24(15-13-23)21(26)10-11-25-16-22-17-6-2-3-7-18(17)25/h2-9,16H,10-15H2,1H3. The van der Waals surface area contributed by atoms with Crippen LogP contribution in [0.15, 0.2) is 54.9 Å². The summed E-state index contributed by atoms with van der Waals surface area (Å²) in [6.07, 6.45) is 2.31. The van der Waals surface area contributed by atoms with Crippen molar-refractivity contribution < 1.29 is 9.53 Å². The summed E-state index contributed by atoms with van der Waals surface area (Å²) in [5, 5.41) is 0. The first-order valence-corrected chi connectivity index (χ1v) is 9.32. The highest BCUT2D eigenvalue weighted by Gasteiger charge is 2.22. The van der Waals surface area contributed by atoms with Gasteiger partial charge in [-0.15, -0.1) is 0 Å². The summed E-state index contributed by atoms with van der Waals surface area (Å²) in [5.74, 6) is 1.08. The molecule has 0 aliphatic carbocycles. The van der Waals surface area contributed by atoms with Gasteiger partial charge in [0.05, 0.1) is 30.2 Å². The molecule has 0 atom stereocenters. The molecule has 3 aromatic rings. The molecule has 27 heavy (non-hydrogen) atoms. The van der Waals surface area contributed by atoms with E-state index in [1.165, 1.54) is 0 Å². The average Bonchev–Trinajstić information content (AvgIpc) is 3.15. The third-order valence-electron chi connectivity index (χ3n) is 5.15. The first-order valence-electron chi connectivity index (χ1n) is 9.32. The Morgan fingerprint density at radius 1 is 1.04 bits per heavy atom. The summed E-state index contributed by atoms with van der Waals surface area (Å²) in [6.45, 7) is 3.77. The van der Waals surface area contributed by atoms with Crippen LogP contribution in [0.1, 0.15) is 6.42 Å². The van der Waals surface area contributed by atoms with Crippen LogP contribution in [0.4, 0.5) is 5.69 Å². The van der Waals surface area contributed by atoms with Crippen molar-refractivity contribution in [1.29, 1.82) is 0 Å². The van der Waals surface area contributed by atoms with E-state index in [0.29, 0.717) is 13.0 Å². The SMILES string of the molecule is COc1ccccc1N1CCN(C(=O)CCn2cnc3ccccc32)CC1. The first kappa shape index (κ1) is 17.4. The fourth-order valence-electron chi connectivity index (χ4n) is 3.65. The van der Waals surface area contributed by atoms with Gasteiger partial charge in [0.25, 0.3) is 0 Å². The highest BCUT2D eigenvalue weighted by atomic mass is 16.5. The van der Waals surface area contributed by atoms with Gasteiger partial charge in [0, 0.05) is 39.1 Å². The molecule has 6 nitrogen and oxygen atoms in total. The third-order valence-corrected chi connectivity index (χ3v) is 5.15. The molecule has 0 N–H and O–H groups in total. The van der Waals surface area contributed by atoms with E-state index in [2.05, 4.69) is 20.5 Å². The molecule has 1 amide bonds. The normalized spacial score (nSPS) is 14.6. The van der Waals surface area contributed by atoms with E-state index >= 15 is 0 Å². The summed E-state index contributed by atoms with van der Waals surface area (Å²) in [7, 11) is 1.69. The predicted molar refractivity (Wildman–Crippen MR) is 106 cm³/mol. The van der Waals surface area contributed by atoms with Gasteiger partial charge in [0.2, 0.25) is 5.91 Å². The Kier molecular flexibility index (Phi) is 4.96. The van der Waals surface area contributed by atoms with Crippen molar-refractivity contribution in [2.45, 2.75) is 13.0 Å². The van der Waals surface area contributed by atoms with Gasteiger partial charge in [-0.2, -0.15) is 0 Å². The molecule has 0 saturated carbocycles. The highest BCUT2D eigenvalue weighted by molar-refractivity contribution is 5.78. The van der Waals surface area contributed by atoms with Gasteiger partial charge in [0.1, 0.15) is 5.75 Å². The number of carbonyl (C=O) groups is 1. The molecular weight excluding hydrogens is 340 g/mol. The van der Waals surface area contributed by atoms with Gasteiger partial charge in [0.15, 0.2) is 0 Å². The Morgan fingerprint density at radius 2 is 1.78 bits per heavy atom. The van der Waals surface area contributed by atoms with Crippen LogP contribution in [-0.4, -0.2) is 53.6 Å². The van der Waals surface area contributed by atoms with Gasteiger partial charge in [-0.25, -0.2) is 4.98 Å².